The molecule has 2 heterocycles. The second-order valence-corrected chi connectivity index (χ2v) is 5.57. The molecule has 1 atom stereocenters. The van der Waals surface area contributed by atoms with Gasteiger partial charge in [-0.2, -0.15) is 0 Å². The van der Waals surface area contributed by atoms with Crippen molar-refractivity contribution in [2.24, 2.45) is 0 Å². The Balaban J connectivity index is 2.10. The van der Waals surface area contributed by atoms with Crippen molar-refractivity contribution in [1.82, 2.24) is 9.97 Å². The molecule has 1 unspecified atom stereocenters. The van der Waals surface area contributed by atoms with Crippen LogP contribution in [0.15, 0.2) is 12.4 Å². The van der Waals surface area contributed by atoms with Gasteiger partial charge in [0.05, 0.1) is 47.0 Å². The molecular weight excluding hydrogens is 342 g/mol. The van der Waals surface area contributed by atoms with E-state index in [1.165, 1.54) is 20.5 Å². The van der Waals surface area contributed by atoms with Gasteiger partial charge in [-0.15, -0.1) is 0 Å². The van der Waals surface area contributed by atoms with Crippen LogP contribution < -0.4 is 19.1 Å². The second-order valence-electron chi connectivity index (χ2n) is 5.57. The highest BCUT2D eigenvalue weighted by Gasteiger charge is 2.30. The molecule has 9 heteroatoms. The van der Waals surface area contributed by atoms with Crippen LogP contribution >= 0.6 is 0 Å². The van der Waals surface area contributed by atoms with Crippen molar-refractivity contribution in [3.05, 3.63) is 12.4 Å². The molecule has 0 bridgehead atoms. The second kappa shape index (κ2) is 7.61. The standard InChI is InChI=1S/C17H21N3O6/c1-22-11-7-10-13(15(24-3)14(11)23-2)18-9-19-16(10)20-5-6-26-12(8-20)17(21)25-4/h7,9,12H,5-6,8H2,1-4H3. The molecule has 0 saturated carbocycles. The Morgan fingerprint density at radius 3 is 2.58 bits per heavy atom. The number of nitrogens with zero attached hydrogens (tertiary/aromatic N) is 3. The molecule has 1 aromatic carbocycles. The van der Waals surface area contributed by atoms with E-state index >= 15 is 0 Å². The van der Waals surface area contributed by atoms with Gasteiger partial charge in [0.2, 0.25) is 5.75 Å². The van der Waals surface area contributed by atoms with Gasteiger partial charge in [0.25, 0.3) is 0 Å². The monoisotopic (exact) mass is 363 g/mol. The molecule has 26 heavy (non-hydrogen) atoms. The minimum atomic E-state index is -0.666. The first-order chi connectivity index (χ1) is 12.6. The van der Waals surface area contributed by atoms with Gasteiger partial charge in [-0.25, -0.2) is 14.8 Å². The summed E-state index contributed by atoms with van der Waals surface area (Å²) in [6.45, 7) is 1.29. The van der Waals surface area contributed by atoms with Crippen molar-refractivity contribution < 1.29 is 28.5 Å². The molecule has 0 radical (unpaired) electrons. The van der Waals surface area contributed by atoms with E-state index in [2.05, 4.69) is 9.97 Å². The molecule has 140 valence electrons. The third-order valence-corrected chi connectivity index (χ3v) is 4.24. The van der Waals surface area contributed by atoms with Crippen molar-refractivity contribution in [3.8, 4) is 17.2 Å². The Morgan fingerprint density at radius 1 is 1.15 bits per heavy atom. The predicted octanol–water partition coefficient (Wildman–Crippen LogP) is 1.03. The van der Waals surface area contributed by atoms with Crippen LogP contribution in [0, 0.1) is 0 Å². The number of anilines is 1. The molecule has 1 aliphatic heterocycles. The lowest BCUT2D eigenvalue weighted by Crippen LogP contribution is -2.47. The Kier molecular flexibility index (Phi) is 5.27. The zero-order chi connectivity index (χ0) is 18.7. The van der Waals surface area contributed by atoms with Crippen molar-refractivity contribution in [1.29, 1.82) is 0 Å². The zero-order valence-electron chi connectivity index (χ0n) is 15.1. The van der Waals surface area contributed by atoms with Crippen LogP contribution in [0.3, 0.4) is 0 Å². The molecule has 1 aromatic heterocycles. The Bertz CT molecular complexity index is 813. The van der Waals surface area contributed by atoms with E-state index in [1.54, 1.807) is 20.3 Å². The molecule has 2 aromatic rings. The predicted molar refractivity (Wildman–Crippen MR) is 93.2 cm³/mol. The van der Waals surface area contributed by atoms with Gasteiger partial charge < -0.3 is 28.6 Å². The fourth-order valence-corrected chi connectivity index (χ4v) is 3.02. The normalized spacial score (nSPS) is 17.1. The van der Waals surface area contributed by atoms with Gasteiger partial charge in [-0.3, -0.25) is 0 Å². The minimum absolute atomic E-state index is 0.329. The van der Waals surface area contributed by atoms with Crippen LogP contribution in [0.5, 0.6) is 17.2 Å². The third kappa shape index (κ3) is 3.05. The van der Waals surface area contributed by atoms with E-state index in [-0.39, 0.29) is 0 Å². The average Bonchev–Trinajstić information content (AvgIpc) is 2.70. The van der Waals surface area contributed by atoms with Gasteiger partial charge in [0.15, 0.2) is 17.6 Å². The summed E-state index contributed by atoms with van der Waals surface area (Å²) >= 11 is 0. The number of carbonyl (C=O) groups excluding carboxylic acids is 1. The first-order valence-corrected chi connectivity index (χ1v) is 8.02. The summed E-state index contributed by atoms with van der Waals surface area (Å²) in [6, 6.07) is 1.80. The maximum absolute atomic E-state index is 11.8. The van der Waals surface area contributed by atoms with Gasteiger partial charge in [0, 0.05) is 6.54 Å². The molecule has 1 saturated heterocycles. The number of benzene rings is 1. The number of methoxy groups -OCH3 is 4. The summed E-state index contributed by atoms with van der Waals surface area (Å²) in [4.78, 5) is 22.5. The molecule has 0 aliphatic carbocycles. The molecule has 0 spiro atoms. The lowest BCUT2D eigenvalue weighted by Gasteiger charge is -2.32. The lowest BCUT2D eigenvalue weighted by molar-refractivity contribution is -0.154. The number of carbonyl (C=O) groups is 1. The van der Waals surface area contributed by atoms with Crippen molar-refractivity contribution in [2.45, 2.75) is 6.10 Å². The Morgan fingerprint density at radius 2 is 1.92 bits per heavy atom. The number of rotatable bonds is 5. The van der Waals surface area contributed by atoms with Crippen LogP contribution in [-0.2, 0) is 14.3 Å². The van der Waals surface area contributed by atoms with Crippen LogP contribution in [0.4, 0.5) is 5.82 Å². The molecule has 1 fully saturated rings. The fourth-order valence-electron chi connectivity index (χ4n) is 3.02. The van der Waals surface area contributed by atoms with E-state index < -0.39 is 12.1 Å². The first kappa shape index (κ1) is 18.0. The van der Waals surface area contributed by atoms with Gasteiger partial charge in [-0.1, -0.05) is 0 Å². The summed E-state index contributed by atoms with van der Waals surface area (Å²) in [7, 11) is 5.97. The van der Waals surface area contributed by atoms with E-state index in [0.717, 1.165) is 5.39 Å². The largest absolute Gasteiger partial charge is 0.493 e. The summed E-state index contributed by atoms with van der Waals surface area (Å²) in [5.41, 5.74) is 0.594. The van der Waals surface area contributed by atoms with E-state index in [1.807, 2.05) is 4.90 Å². The number of morpholine rings is 1. The summed E-state index contributed by atoms with van der Waals surface area (Å²) in [5.74, 6) is 1.67. The van der Waals surface area contributed by atoms with Crippen LogP contribution in [0.1, 0.15) is 0 Å². The third-order valence-electron chi connectivity index (χ3n) is 4.24. The van der Waals surface area contributed by atoms with E-state index in [0.29, 0.717) is 48.3 Å². The molecule has 0 N–H and O–H groups in total. The number of hydrogen-bond donors (Lipinski definition) is 0. The Labute approximate surface area is 150 Å². The first-order valence-electron chi connectivity index (χ1n) is 8.02. The highest BCUT2D eigenvalue weighted by molar-refractivity contribution is 5.97. The quantitative estimate of drug-likeness (QED) is 0.722. The maximum atomic E-state index is 11.8. The topological polar surface area (TPSA) is 92.2 Å². The number of fused-ring (bicyclic) bond motifs is 1. The van der Waals surface area contributed by atoms with Crippen molar-refractivity contribution in [2.75, 3.05) is 53.0 Å². The molecule has 0 amide bonds. The van der Waals surface area contributed by atoms with Crippen molar-refractivity contribution in [3.63, 3.8) is 0 Å². The minimum Gasteiger partial charge on any atom is -0.493 e. The van der Waals surface area contributed by atoms with E-state index in [9.17, 15) is 4.79 Å². The number of esters is 1. The number of aromatic nitrogens is 2. The van der Waals surface area contributed by atoms with Crippen molar-refractivity contribution >= 4 is 22.7 Å². The van der Waals surface area contributed by atoms with E-state index in [4.69, 9.17) is 23.7 Å². The summed E-state index contributed by atoms with van der Waals surface area (Å²) in [6.07, 6.45) is 0.787. The Hall–Kier alpha value is -2.81. The SMILES string of the molecule is COC(=O)C1CN(c2ncnc3c(OC)c(OC)c(OC)cc23)CCO1. The van der Waals surface area contributed by atoms with Crippen LogP contribution in [-0.4, -0.2) is 70.2 Å². The molecule has 3 rings (SSSR count). The summed E-state index contributed by atoms with van der Waals surface area (Å²) in [5, 5.41) is 0.729. The van der Waals surface area contributed by atoms with Gasteiger partial charge in [-0.05, 0) is 6.07 Å². The fraction of sp³-hybridized carbons (Fsp3) is 0.471. The molecule has 1 aliphatic rings. The average molecular weight is 363 g/mol. The highest BCUT2D eigenvalue weighted by atomic mass is 16.6. The van der Waals surface area contributed by atoms with Crippen LogP contribution in [0.2, 0.25) is 0 Å². The number of hydrogen-bond acceptors (Lipinski definition) is 9. The molecular formula is C17H21N3O6. The summed E-state index contributed by atoms with van der Waals surface area (Å²) < 4.78 is 26.6. The zero-order valence-corrected chi connectivity index (χ0v) is 15.1. The lowest BCUT2D eigenvalue weighted by atomic mass is 10.1. The maximum Gasteiger partial charge on any atom is 0.336 e. The number of ether oxygens (including phenoxy) is 5. The molecule has 9 nitrogen and oxygen atoms in total. The van der Waals surface area contributed by atoms with Crippen LogP contribution in [0.25, 0.3) is 10.9 Å². The van der Waals surface area contributed by atoms with Gasteiger partial charge in [0.1, 0.15) is 17.7 Å². The smallest absolute Gasteiger partial charge is 0.336 e. The van der Waals surface area contributed by atoms with Gasteiger partial charge >= 0.3 is 5.97 Å². The highest BCUT2D eigenvalue weighted by Crippen LogP contribution is 2.44.